The van der Waals surface area contributed by atoms with Gasteiger partial charge in [-0.1, -0.05) is 43.7 Å². The molecule has 0 saturated heterocycles. The van der Waals surface area contributed by atoms with Crippen LogP contribution in [-0.4, -0.2) is 31.6 Å². The van der Waals surface area contributed by atoms with Crippen LogP contribution in [0.3, 0.4) is 0 Å². The van der Waals surface area contributed by atoms with E-state index < -0.39 is 0 Å². The van der Waals surface area contributed by atoms with Gasteiger partial charge < -0.3 is 5.32 Å². The van der Waals surface area contributed by atoms with E-state index in [0.717, 1.165) is 19.6 Å². The number of rotatable bonds is 8. The summed E-state index contributed by atoms with van der Waals surface area (Å²) in [6, 6.07) is 10.7. The van der Waals surface area contributed by atoms with Crippen molar-refractivity contribution in [3.05, 3.63) is 35.9 Å². The maximum Gasteiger partial charge on any atom is 0.0234 e. The number of nitrogens with one attached hydrogen (secondary N) is 1. The first-order chi connectivity index (χ1) is 7.86. The molecule has 0 atom stereocenters. The molecule has 0 heterocycles. The van der Waals surface area contributed by atoms with E-state index in [9.17, 15) is 0 Å². The molecule has 0 fully saturated rings. The molecule has 0 aromatic heterocycles. The van der Waals surface area contributed by atoms with E-state index in [4.69, 9.17) is 0 Å². The summed E-state index contributed by atoms with van der Waals surface area (Å²) in [5, 5.41) is 3.22. The van der Waals surface area contributed by atoms with Gasteiger partial charge in [0.25, 0.3) is 0 Å². The fourth-order valence-corrected chi connectivity index (χ4v) is 1.76. The molecular weight excluding hydrogens is 196 g/mol. The smallest absolute Gasteiger partial charge is 0.0234 e. The highest BCUT2D eigenvalue weighted by molar-refractivity contribution is 5.14. The lowest BCUT2D eigenvalue weighted by molar-refractivity contribution is 0.263. The van der Waals surface area contributed by atoms with Gasteiger partial charge in [-0.2, -0.15) is 0 Å². The maximum absolute atomic E-state index is 3.22. The summed E-state index contributed by atoms with van der Waals surface area (Å²) in [5.41, 5.74) is 1.41. The van der Waals surface area contributed by atoms with E-state index in [1.54, 1.807) is 0 Å². The van der Waals surface area contributed by atoms with Crippen LogP contribution in [0.4, 0.5) is 0 Å². The molecule has 16 heavy (non-hydrogen) atoms. The van der Waals surface area contributed by atoms with Crippen LogP contribution in [0.15, 0.2) is 30.3 Å². The number of unbranched alkanes of at least 4 members (excludes halogenated alkanes) is 1. The second-order valence-corrected chi connectivity index (χ2v) is 4.22. The zero-order valence-electron chi connectivity index (χ0n) is 10.6. The minimum atomic E-state index is 1.07. The number of nitrogens with zero attached hydrogens (tertiary/aromatic N) is 1. The van der Waals surface area contributed by atoms with E-state index in [2.05, 4.69) is 47.5 Å². The summed E-state index contributed by atoms with van der Waals surface area (Å²) < 4.78 is 0. The third-order valence-electron chi connectivity index (χ3n) is 2.75. The molecule has 2 heteroatoms. The molecule has 0 amide bonds. The molecule has 0 unspecified atom stereocenters. The van der Waals surface area contributed by atoms with Crippen LogP contribution in [-0.2, 0) is 6.54 Å². The van der Waals surface area contributed by atoms with Crippen LogP contribution in [0.5, 0.6) is 0 Å². The van der Waals surface area contributed by atoms with Crippen LogP contribution < -0.4 is 5.32 Å². The molecule has 2 nitrogen and oxygen atoms in total. The zero-order valence-corrected chi connectivity index (χ0v) is 10.6. The van der Waals surface area contributed by atoms with Crippen LogP contribution in [0.2, 0.25) is 0 Å². The Kier molecular flexibility index (Phi) is 6.86. The van der Waals surface area contributed by atoms with Crippen molar-refractivity contribution in [1.82, 2.24) is 10.2 Å². The fourth-order valence-electron chi connectivity index (χ4n) is 1.76. The van der Waals surface area contributed by atoms with Gasteiger partial charge in [0.1, 0.15) is 0 Å². The molecule has 0 aliphatic heterocycles. The summed E-state index contributed by atoms with van der Waals surface area (Å²) in [7, 11) is 2.01. The average molecular weight is 220 g/mol. The maximum atomic E-state index is 3.22. The highest BCUT2D eigenvalue weighted by Crippen LogP contribution is 2.05. The van der Waals surface area contributed by atoms with Crippen molar-refractivity contribution in [1.29, 1.82) is 0 Å². The lowest BCUT2D eigenvalue weighted by Gasteiger charge is -2.22. The van der Waals surface area contributed by atoms with Gasteiger partial charge in [0.05, 0.1) is 0 Å². The van der Waals surface area contributed by atoms with Gasteiger partial charge in [0.2, 0.25) is 0 Å². The Balaban J connectivity index is 2.42. The van der Waals surface area contributed by atoms with Gasteiger partial charge in [-0.3, -0.25) is 4.90 Å². The SMILES string of the molecule is CCCCN(CCNC)Cc1ccccc1. The Morgan fingerprint density at radius 2 is 1.88 bits per heavy atom. The molecule has 1 rings (SSSR count). The monoisotopic (exact) mass is 220 g/mol. The molecular formula is C14H24N2. The average Bonchev–Trinajstić information content (AvgIpc) is 2.34. The molecule has 90 valence electrons. The van der Waals surface area contributed by atoms with Crippen molar-refractivity contribution in [3.8, 4) is 0 Å². The normalized spacial score (nSPS) is 10.9. The Morgan fingerprint density at radius 1 is 1.12 bits per heavy atom. The topological polar surface area (TPSA) is 15.3 Å². The van der Waals surface area contributed by atoms with Crippen LogP contribution in [0.1, 0.15) is 25.3 Å². The lowest BCUT2D eigenvalue weighted by atomic mass is 10.2. The summed E-state index contributed by atoms with van der Waals surface area (Å²) >= 11 is 0. The third-order valence-corrected chi connectivity index (χ3v) is 2.75. The molecule has 0 radical (unpaired) electrons. The third kappa shape index (κ3) is 5.29. The van der Waals surface area contributed by atoms with Crippen molar-refractivity contribution in [2.24, 2.45) is 0 Å². The molecule has 0 saturated carbocycles. The summed E-state index contributed by atoms with van der Waals surface area (Å²) in [6.07, 6.45) is 2.56. The molecule has 0 aliphatic carbocycles. The van der Waals surface area contributed by atoms with Crippen LogP contribution >= 0.6 is 0 Å². The summed E-state index contributed by atoms with van der Waals surface area (Å²) in [5.74, 6) is 0. The molecule has 0 bridgehead atoms. The van der Waals surface area contributed by atoms with Gasteiger partial charge in [0, 0.05) is 19.6 Å². The minimum absolute atomic E-state index is 1.07. The lowest BCUT2D eigenvalue weighted by Crippen LogP contribution is -2.31. The molecule has 1 aromatic rings. The Morgan fingerprint density at radius 3 is 2.50 bits per heavy atom. The largest absolute Gasteiger partial charge is 0.318 e. The standard InChI is InChI=1S/C14H24N2/c1-3-4-11-16(12-10-15-2)13-14-8-6-5-7-9-14/h5-9,15H,3-4,10-13H2,1-2H3. The van der Waals surface area contributed by atoms with E-state index in [1.165, 1.54) is 24.9 Å². The number of benzene rings is 1. The summed E-state index contributed by atoms with van der Waals surface area (Å²) in [4.78, 5) is 2.52. The second kappa shape index (κ2) is 8.31. The second-order valence-electron chi connectivity index (χ2n) is 4.22. The highest BCUT2D eigenvalue weighted by atomic mass is 15.1. The Labute approximate surface area is 99.7 Å². The fraction of sp³-hybridized carbons (Fsp3) is 0.571. The minimum Gasteiger partial charge on any atom is -0.318 e. The van der Waals surface area contributed by atoms with E-state index in [0.29, 0.717) is 0 Å². The predicted octanol–water partition coefficient (Wildman–Crippen LogP) is 2.51. The van der Waals surface area contributed by atoms with Gasteiger partial charge >= 0.3 is 0 Å². The molecule has 1 N–H and O–H groups in total. The zero-order chi connectivity index (χ0) is 11.6. The number of hydrogen-bond acceptors (Lipinski definition) is 2. The molecule has 0 aliphatic rings. The quantitative estimate of drug-likeness (QED) is 0.724. The van der Waals surface area contributed by atoms with E-state index in [1.807, 2.05) is 7.05 Å². The van der Waals surface area contributed by atoms with Crippen molar-refractivity contribution in [2.75, 3.05) is 26.7 Å². The van der Waals surface area contributed by atoms with Crippen molar-refractivity contribution >= 4 is 0 Å². The van der Waals surface area contributed by atoms with Crippen LogP contribution in [0.25, 0.3) is 0 Å². The highest BCUT2D eigenvalue weighted by Gasteiger charge is 2.04. The predicted molar refractivity (Wildman–Crippen MR) is 70.6 cm³/mol. The summed E-state index contributed by atoms with van der Waals surface area (Å²) in [6.45, 7) is 6.72. The Hall–Kier alpha value is -0.860. The van der Waals surface area contributed by atoms with Gasteiger partial charge in [-0.15, -0.1) is 0 Å². The van der Waals surface area contributed by atoms with Crippen molar-refractivity contribution < 1.29 is 0 Å². The van der Waals surface area contributed by atoms with Gasteiger partial charge in [-0.05, 0) is 25.6 Å². The Bertz CT molecular complexity index is 251. The van der Waals surface area contributed by atoms with Gasteiger partial charge in [0.15, 0.2) is 0 Å². The first-order valence-electron chi connectivity index (χ1n) is 6.27. The first-order valence-corrected chi connectivity index (χ1v) is 6.27. The number of hydrogen-bond donors (Lipinski definition) is 1. The van der Waals surface area contributed by atoms with Crippen molar-refractivity contribution in [2.45, 2.75) is 26.3 Å². The van der Waals surface area contributed by atoms with Crippen LogP contribution in [0, 0.1) is 0 Å². The number of likely N-dealkylation sites (N-methyl/N-ethyl adjacent to an activating group) is 1. The first kappa shape index (κ1) is 13.2. The van der Waals surface area contributed by atoms with Crippen molar-refractivity contribution in [3.63, 3.8) is 0 Å². The van der Waals surface area contributed by atoms with E-state index >= 15 is 0 Å². The molecule has 1 aromatic carbocycles. The molecule has 0 spiro atoms. The van der Waals surface area contributed by atoms with Gasteiger partial charge in [-0.25, -0.2) is 0 Å². The van der Waals surface area contributed by atoms with E-state index in [-0.39, 0.29) is 0 Å².